The van der Waals surface area contributed by atoms with Crippen LogP contribution in [0.25, 0.3) is 0 Å². The topological polar surface area (TPSA) is 43.1 Å². The molecule has 0 bridgehead atoms. The number of amides is 1. The molecule has 0 spiro atoms. The van der Waals surface area contributed by atoms with Crippen LogP contribution in [0, 0.1) is 5.92 Å². The number of hydrogen-bond donors (Lipinski definition) is 1. The number of primary amides is 1. The van der Waals surface area contributed by atoms with E-state index in [2.05, 4.69) is 13.8 Å². The van der Waals surface area contributed by atoms with Gasteiger partial charge in [0.1, 0.15) is 0 Å². The Morgan fingerprint density at radius 1 is 0.455 bits per heavy atom. The van der Waals surface area contributed by atoms with E-state index in [0.717, 1.165) is 12.8 Å². The van der Waals surface area contributed by atoms with E-state index in [1.54, 1.807) is 0 Å². The minimum atomic E-state index is -0.0596. The van der Waals surface area contributed by atoms with E-state index in [1.807, 2.05) is 0 Å². The maximum absolute atomic E-state index is 11.8. The predicted molar refractivity (Wildman–Crippen MR) is 151 cm³/mol. The minimum Gasteiger partial charge on any atom is -0.369 e. The van der Waals surface area contributed by atoms with Gasteiger partial charge in [-0.3, -0.25) is 4.79 Å². The van der Waals surface area contributed by atoms with Gasteiger partial charge < -0.3 is 5.73 Å². The van der Waals surface area contributed by atoms with Crippen LogP contribution in [-0.4, -0.2) is 5.91 Å². The van der Waals surface area contributed by atoms with E-state index in [4.69, 9.17) is 5.73 Å². The molecule has 200 valence electrons. The number of halogens is 1. The Hall–Kier alpha value is -0.240. The second kappa shape index (κ2) is 29.8. The van der Waals surface area contributed by atoms with E-state index in [9.17, 15) is 4.79 Å². The summed E-state index contributed by atoms with van der Waals surface area (Å²) in [7, 11) is 0. The zero-order valence-electron chi connectivity index (χ0n) is 22.9. The van der Waals surface area contributed by atoms with Crippen LogP contribution >= 0.6 is 12.4 Å². The quantitative estimate of drug-likeness (QED) is 0.115. The largest absolute Gasteiger partial charge is 0.369 e. The van der Waals surface area contributed by atoms with Crippen LogP contribution in [0.15, 0.2) is 0 Å². The molecule has 0 aromatic rings. The Labute approximate surface area is 215 Å². The number of unbranched alkanes of at least 4 members (excludes halogenated alkanes) is 22. The molecule has 0 radical (unpaired) electrons. The fraction of sp³-hybridized carbons (Fsp3) is 0.967. The molecule has 0 aromatic carbocycles. The van der Waals surface area contributed by atoms with Crippen molar-refractivity contribution in [1.29, 1.82) is 0 Å². The van der Waals surface area contributed by atoms with Crippen LogP contribution in [0.4, 0.5) is 0 Å². The van der Waals surface area contributed by atoms with Crippen LogP contribution in [0.5, 0.6) is 0 Å². The first-order valence-electron chi connectivity index (χ1n) is 15.0. The van der Waals surface area contributed by atoms with E-state index >= 15 is 0 Å². The van der Waals surface area contributed by atoms with Crippen LogP contribution in [0.3, 0.4) is 0 Å². The maximum atomic E-state index is 11.8. The first-order valence-corrected chi connectivity index (χ1v) is 15.0. The van der Waals surface area contributed by atoms with Gasteiger partial charge in [-0.2, -0.15) is 0 Å². The van der Waals surface area contributed by atoms with Crippen molar-refractivity contribution in [1.82, 2.24) is 0 Å². The lowest BCUT2D eigenvalue weighted by atomic mass is 9.93. The highest BCUT2D eigenvalue weighted by atomic mass is 35.5. The number of nitrogens with two attached hydrogens (primary N) is 1. The number of hydrogen-bond acceptors (Lipinski definition) is 1. The summed E-state index contributed by atoms with van der Waals surface area (Å²) < 4.78 is 0. The van der Waals surface area contributed by atoms with Crippen LogP contribution in [0.1, 0.15) is 181 Å². The van der Waals surface area contributed by atoms with Gasteiger partial charge in [-0.1, -0.05) is 168 Å². The molecule has 0 fully saturated rings. The zero-order chi connectivity index (χ0) is 23.5. The molecule has 0 saturated carbocycles. The molecule has 0 aliphatic carbocycles. The van der Waals surface area contributed by atoms with Gasteiger partial charge in [0.2, 0.25) is 5.91 Å². The van der Waals surface area contributed by atoms with E-state index in [1.165, 1.54) is 154 Å². The number of rotatable bonds is 27. The second-order valence-corrected chi connectivity index (χ2v) is 10.5. The lowest BCUT2D eigenvalue weighted by Gasteiger charge is -2.13. The molecule has 3 heteroatoms. The summed E-state index contributed by atoms with van der Waals surface area (Å²) in [6.07, 6.45) is 34.9. The Balaban J connectivity index is 0. The van der Waals surface area contributed by atoms with Crippen molar-refractivity contribution in [3.05, 3.63) is 0 Å². The molecule has 0 heterocycles. The van der Waals surface area contributed by atoms with Crippen molar-refractivity contribution in [3.8, 4) is 0 Å². The fourth-order valence-corrected chi connectivity index (χ4v) is 4.89. The van der Waals surface area contributed by atoms with Gasteiger partial charge in [0.25, 0.3) is 0 Å². The molecule has 33 heavy (non-hydrogen) atoms. The molecular weight excluding hydrogens is 426 g/mol. The Morgan fingerprint density at radius 2 is 0.667 bits per heavy atom. The smallest absolute Gasteiger partial charge is 0.220 e. The predicted octanol–water partition coefficient (Wildman–Crippen LogP) is 10.7. The van der Waals surface area contributed by atoms with Crippen LogP contribution < -0.4 is 5.73 Å². The third-order valence-corrected chi connectivity index (χ3v) is 7.21. The van der Waals surface area contributed by atoms with Gasteiger partial charge in [0.05, 0.1) is 0 Å². The summed E-state index contributed by atoms with van der Waals surface area (Å²) in [6, 6.07) is 0. The molecule has 2 N–H and O–H groups in total. The second-order valence-electron chi connectivity index (χ2n) is 10.5. The van der Waals surface area contributed by atoms with Gasteiger partial charge in [-0.25, -0.2) is 0 Å². The zero-order valence-corrected chi connectivity index (χ0v) is 23.7. The van der Waals surface area contributed by atoms with Gasteiger partial charge in [0, 0.05) is 5.92 Å². The van der Waals surface area contributed by atoms with Crippen LogP contribution in [0.2, 0.25) is 0 Å². The monoisotopic (exact) mass is 487 g/mol. The van der Waals surface area contributed by atoms with Gasteiger partial charge in [-0.15, -0.1) is 12.4 Å². The van der Waals surface area contributed by atoms with Crippen molar-refractivity contribution in [3.63, 3.8) is 0 Å². The van der Waals surface area contributed by atoms with E-state index in [-0.39, 0.29) is 24.2 Å². The van der Waals surface area contributed by atoms with Crippen LogP contribution in [-0.2, 0) is 4.79 Å². The molecule has 2 nitrogen and oxygen atoms in total. The highest BCUT2D eigenvalue weighted by molar-refractivity contribution is 5.85. The standard InChI is InChI=1S/C30H61NO.ClH/c1-3-5-7-9-11-13-15-16-17-18-20-22-24-26-28-29(30(31)32)27-25-23-21-19-14-12-10-8-6-4-2;/h29H,3-28H2,1-2H3,(H2,31,32);1H. The third-order valence-electron chi connectivity index (χ3n) is 7.21. The highest BCUT2D eigenvalue weighted by Gasteiger charge is 2.14. The number of carbonyl (C=O) groups is 1. The minimum absolute atomic E-state index is 0. The molecule has 1 atom stereocenters. The normalized spacial score (nSPS) is 11.9. The molecule has 0 aromatic heterocycles. The summed E-state index contributed by atoms with van der Waals surface area (Å²) in [5, 5.41) is 0. The fourth-order valence-electron chi connectivity index (χ4n) is 4.89. The maximum Gasteiger partial charge on any atom is 0.220 e. The molecule has 1 amide bonds. The molecule has 0 aliphatic heterocycles. The summed E-state index contributed by atoms with van der Waals surface area (Å²) >= 11 is 0. The lowest BCUT2D eigenvalue weighted by molar-refractivity contribution is -0.122. The van der Waals surface area contributed by atoms with E-state index < -0.39 is 0 Å². The summed E-state index contributed by atoms with van der Waals surface area (Å²) in [5.41, 5.74) is 5.67. The Kier molecular flexibility index (Phi) is 31.5. The van der Waals surface area contributed by atoms with Crippen molar-refractivity contribution >= 4 is 18.3 Å². The Bertz CT molecular complexity index is 374. The molecule has 0 aliphatic rings. The molecule has 1 unspecified atom stereocenters. The lowest BCUT2D eigenvalue weighted by Crippen LogP contribution is -2.23. The molecule has 0 rings (SSSR count). The Morgan fingerprint density at radius 3 is 0.879 bits per heavy atom. The van der Waals surface area contributed by atoms with Gasteiger partial charge in [-0.05, 0) is 12.8 Å². The van der Waals surface area contributed by atoms with Gasteiger partial charge >= 0.3 is 0 Å². The molecule has 0 saturated heterocycles. The summed E-state index contributed by atoms with van der Waals surface area (Å²) in [6.45, 7) is 4.56. The summed E-state index contributed by atoms with van der Waals surface area (Å²) in [4.78, 5) is 11.8. The van der Waals surface area contributed by atoms with Crippen molar-refractivity contribution in [2.75, 3.05) is 0 Å². The van der Waals surface area contributed by atoms with Gasteiger partial charge in [0.15, 0.2) is 0 Å². The van der Waals surface area contributed by atoms with Crippen molar-refractivity contribution in [2.24, 2.45) is 11.7 Å². The third kappa shape index (κ3) is 27.9. The first-order chi connectivity index (χ1) is 15.7. The van der Waals surface area contributed by atoms with E-state index in [0.29, 0.717) is 0 Å². The van der Waals surface area contributed by atoms with Crippen molar-refractivity contribution < 1.29 is 4.79 Å². The average molecular weight is 488 g/mol. The first kappa shape index (κ1) is 34.9. The number of carbonyl (C=O) groups excluding carboxylic acids is 1. The average Bonchev–Trinajstić information content (AvgIpc) is 2.78. The molecular formula is C30H62ClNO. The highest BCUT2D eigenvalue weighted by Crippen LogP contribution is 2.20. The SMILES string of the molecule is CCCCCCCCCCCCCCCCC(CCCCCCCCCCCC)C(N)=O.Cl. The van der Waals surface area contributed by atoms with Crippen molar-refractivity contribution in [2.45, 2.75) is 181 Å². The summed E-state index contributed by atoms with van der Waals surface area (Å²) in [5.74, 6) is 0.0667.